The summed E-state index contributed by atoms with van der Waals surface area (Å²) in [4.78, 5) is 46.2. The van der Waals surface area contributed by atoms with Crippen LogP contribution in [0.25, 0.3) is 0 Å². The Morgan fingerprint density at radius 1 is 1.15 bits per heavy atom. The molecular weight excluding hydrogens is 505 g/mol. The molecule has 3 amide bonds. The van der Waals surface area contributed by atoms with Crippen molar-refractivity contribution in [3.63, 3.8) is 0 Å². The summed E-state index contributed by atoms with van der Waals surface area (Å²) in [6, 6.07) is 5.31. The predicted molar refractivity (Wildman–Crippen MR) is 142 cm³/mol. The fraction of sp³-hybridized carbons (Fsp3) is 0.500. The number of benzene rings is 1. The Hall–Kier alpha value is -3.73. The van der Waals surface area contributed by atoms with Crippen LogP contribution in [0.4, 0.5) is 15.8 Å². The first-order valence-corrected chi connectivity index (χ1v) is 13.1. The molecule has 3 aliphatic rings. The van der Waals surface area contributed by atoms with Gasteiger partial charge in [0.15, 0.2) is 11.6 Å². The molecule has 0 radical (unpaired) electrons. The van der Waals surface area contributed by atoms with Crippen LogP contribution < -0.4 is 20.7 Å². The molecule has 1 saturated carbocycles. The van der Waals surface area contributed by atoms with Crippen LogP contribution in [0.1, 0.15) is 48.5 Å². The van der Waals surface area contributed by atoms with Gasteiger partial charge in [-0.15, -0.1) is 0 Å². The zero-order valence-corrected chi connectivity index (χ0v) is 22.7. The lowest BCUT2D eigenvalue weighted by Crippen LogP contribution is -2.48. The lowest BCUT2D eigenvalue weighted by molar-refractivity contribution is -0.120. The van der Waals surface area contributed by atoms with E-state index in [9.17, 15) is 14.4 Å². The number of piperidine rings is 1. The molecule has 2 aromatic rings. The molecular formula is C28H34FN5O5. The lowest BCUT2D eigenvalue weighted by Gasteiger charge is -2.37. The first-order chi connectivity index (χ1) is 18.4. The van der Waals surface area contributed by atoms with E-state index in [1.165, 1.54) is 24.3 Å². The molecule has 208 valence electrons. The van der Waals surface area contributed by atoms with E-state index in [1.54, 1.807) is 18.2 Å². The Balaban J connectivity index is 1.43. The second kappa shape index (κ2) is 9.78. The highest BCUT2D eigenvalue weighted by atomic mass is 19.1. The molecule has 1 aromatic heterocycles. The Labute approximate surface area is 226 Å². The molecule has 2 saturated heterocycles. The number of amides is 3. The van der Waals surface area contributed by atoms with Crippen LogP contribution in [-0.2, 0) is 9.53 Å². The van der Waals surface area contributed by atoms with Gasteiger partial charge in [0.05, 0.1) is 30.6 Å². The number of nitrogens with one attached hydrogen (secondary N) is 1. The summed E-state index contributed by atoms with van der Waals surface area (Å²) in [5.41, 5.74) is 5.96. The zero-order valence-electron chi connectivity index (χ0n) is 22.7. The number of rotatable bonds is 6. The van der Waals surface area contributed by atoms with Crippen LogP contribution in [-0.4, -0.2) is 72.6 Å². The van der Waals surface area contributed by atoms with E-state index in [4.69, 9.17) is 15.2 Å². The summed E-state index contributed by atoms with van der Waals surface area (Å²) in [7, 11) is 1.33. The minimum atomic E-state index is -0.781. The first-order valence-electron chi connectivity index (χ1n) is 13.1. The average molecular weight is 540 g/mol. The molecule has 3 heterocycles. The van der Waals surface area contributed by atoms with E-state index in [2.05, 4.69) is 24.1 Å². The monoisotopic (exact) mass is 539 g/mol. The van der Waals surface area contributed by atoms with E-state index < -0.39 is 29.6 Å². The second-order valence-corrected chi connectivity index (χ2v) is 11.3. The molecule has 10 nitrogen and oxygen atoms in total. The molecule has 39 heavy (non-hydrogen) atoms. The Morgan fingerprint density at radius 3 is 2.49 bits per heavy atom. The largest absolute Gasteiger partial charge is 0.493 e. The van der Waals surface area contributed by atoms with Gasteiger partial charge in [0.1, 0.15) is 11.7 Å². The van der Waals surface area contributed by atoms with Crippen molar-refractivity contribution in [2.45, 2.75) is 45.9 Å². The Bertz CT molecular complexity index is 1320. The van der Waals surface area contributed by atoms with Crippen molar-refractivity contribution in [2.24, 2.45) is 23.0 Å². The number of pyridine rings is 1. The van der Waals surface area contributed by atoms with Crippen molar-refractivity contribution in [1.82, 2.24) is 9.88 Å². The topological polar surface area (TPSA) is 127 Å². The lowest BCUT2D eigenvalue weighted by atomic mass is 9.99. The maximum absolute atomic E-state index is 15.8. The maximum atomic E-state index is 15.8. The normalized spacial score (nSPS) is 27.1. The molecule has 0 bridgehead atoms. The number of halogens is 1. The van der Waals surface area contributed by atoms with E-state index in [0.29, 0.717) is 31.0 Å². The molecule has 3 N–H and O–H groups in total. The van der Waals surface area contributed by atoms with Gasteiger partial charge in [-0.1, -0.05) is 13.8 Å². The molecule has 2 aliphatic heterocycles. The highest BCUT2D eigenvalue weighted by Crippen LogP contribution is 2.65. The number of primary amides is 1. The summed E-state index contributed by atoms with van der Waals surface area (Å²) in [5, 5.41) is 2.81. The van der Waals surface area contributed by atoms with Gasteiger partial charge in [-0.3, -0.25) is 19.4 Å². The second-order valence-electron chi connectivity index (χ2n) is 11.3. The molecule has 11 heteroatoms. The number of anilines is 2. The number of fused-ring (bicyclic) bond motifs is 1. The van der Waals surface area contributed by atoms with E-state index in [-0.39, 0.29) is 46.5 Å². The van der Waals surface area contributed by atoms with Crippen LogP contribution in [0, 0.1) is 23.1 Å². The molecule has 1 aromatic carbocycles. The number of hydrogen-bond donors (Lipinski definition) is 2. The molecule has 3 fully saturated rings. The van der Waals surface area contributed by atoms with Crippen molar-refractivity contribution in [1.29, 1.82) is 0 Å². The van der Waals surface area contributed by atoms with Gasteiger partial charge in [0.25, 0.3) is 11.8 Å². The van der Waals surface area contributed by atoms with Crippen LogP contribution in [0.2, 0.25) is 0 Å². The number of morpholine rings is 1. The number of nitrogens with zero attached hydrogens (tertiary/aromatic N) is 3. The quantitative estimate of drug-likeness (QED) is 0.578. The SMILES string of the molecule is COc1c(C(=O)N2C[C@H]3[C@@H]([C@H]2C(=O)Nc2ccnc(C(N)=O)c2)C3(C)C)ccc(N2C[C@@H](C)O[C@@H](C)C2)c1F. The third kappa shape index (κ3) is 4.69. The van der Waals surface area contributed by atoms with E-state index in [1.807, 2.05) is 18.7 Å². The Morgan fingerprint density at radius 2 is 1.85 bits per heavy atom. The fourth-order valence-electron chi connectivity index (χ4n) is 6.34. The average Bonchev–Trinajstić information content (AvgIpc) is 3.21. The van der Waals surface area contributed by atoms with E-state index >= 15 is 4.39 Å². The first kappa shape index (κ1) is 26.9. The van der Waals surface area contributed by atoms with Crippen LogP contribution in [0.3, 0.4) is 0 Å². The number of aromatic nitrogens is 1. The molecule has 0 unspecified atom stereocenters. The number of nitrogens with two attached hydrogens (primary N) is 1. The number of methoxy groups -OCH3 is 1. The Kier molecular flexibility index (Phi) is 6.74. The number of hydrogen-bond acceptors (Lipinski definition) is 7. The van der Waals surface area contributed by atoms with Crippen molar-refractivity contribution in [3.05, 3.63) is 47.5 Å². The van der Waals surface area contributed by atoms with Gasteiger partial charge >= 0.3 is 0 Å². The number of carbonyl (C=O) groups is 3. The van der Waals surface area contributed by atoms with Gasteiger partial charge in [0.2, 0.25) is 5.91 Å². The maximum Gasteiger partial charge on any atom is 0.267 e. The van der Waals surface area contributed by atoms with Crippen LogP contribution >= 0.6 is 0 Å². The zero-order chi connectivity index (χ0) is 28.2. The highest BCUT2D eigenvalue weighted by molar-refractivity contribution is 6.04. The fourth-order valence-corrected chi connectivity index (χ4v) is 6.34. The summed E-state index contributed by atoms with van der Waals surface area (Å²) in [6.07, 6.45) is 1.24. The number of carbonyl (C=O) groups excluding carboxylic acids is 3. The molecule has 5 rings (SSSR count). The summed E-state index contributed by atoms with van der Waals surface area (Å²) in [5.74, 6) is -2.29. The van der Waals surface area contributed by atoms with Gasteiger partial charge in [0, 0.05) is 31.5 Å². The van der Waals surface area contributed by atoms with Crippen LogP contribution in [0.15, 0.2) is 30.5 Å². The third-order valence-electron chi connectivity index (χ3n) is 8.29. The van der Waals surface area contributed by atoms with Gasteiger partial charge < -0.3 is 30.3 Å². The van der Waals surface area contributed by atoms with Crippen LogP contribution in [0.5, 0.6) is 5.75 Å². The van der Waals surface area contributed by atoms with Gasteiger partial charge in [-0.25, -0.2) is 4.39 Å². The van der Waals surface area contributed by atoms with Gasteiger partial charge in [-0.05, 0) is 55.4 Å². The van der Waals surface area contributed by atoms with E-state index in [0.717, 1.165) is 0 Å². The minimum Gasteiger partial charge on any atom is -0.493 e. The molecule has 1 aliphatic carbocycles. The van der Waals surface area contributed by atoms with Crippen molar-refractivity contribution < 1.29 is 28.2 Å². The van der Waals surface area contributed by atoms with Crippen molar-refractivity contribution in [2.75, 3.05) is 37.0 Å². The number of ether oxygens (including phenoxy) is 2. The molecule has 5 atom stereocenters. The summed E-state index contributed by atoms with van der Waals surface area (Å²) < 4.78 is 27.0. The highest BCUT2D eigenvalue weighted by Gasteiger charge is 2.69. The van der Waals surface area contributed by atoms with Crippen molar-refractivity contribution in [3.8, 4) is 5.75 Å². The van der Waals surface area contributed by atoms with Gasteiger partial charge in [-0.2, -0.15) is 0 Å². The molecule has 0 spiro atoms. The summed E-state index contributed by atoms with van der Waals surface area (Å²) in [6.45, 7) is 9.39. The summed E-state index contributed by atoms with van der Waals surface area (Å²) >= 11 is 0. The third-order valence-corrected chi connectivity index (χ3v) is 8.29. The smallest absolute Gasteiger partial charge is 0.267 e. The standard InChI is InChI=1S/C28H34FN5O5/c1-14-11-33(12-15(2)39-14)20-7-6-17(24(38-5)22(20)29)27(37)34-13-18-21(28(18,3)4)23(34)26(36)32-16-8-9-31-19(10-16)25(30)35/h6-10,14-15,18,21,23H,11-13H2,1-5H3,(H2,30,35)(H,31,32,36)/t14-,15+,18-,21-,23-/m0/s1. The minimum absolute atomic E-state index is 0.0149. The van der Waals surface area contributed by atoms with Crippen molar-refractivity contribution >= 4 is 29.1 Å². The predicted octanol–water partition coefficient (Wildman–Crippen LogP) is 2.68. The number of likely N-dealkylation sites (tertiary alicyclic amines) is 1.